The van der Waals surface area contributed by atoms with Gasteiger partial charge in [0, 0.05) is 0 Å². The van der Waals surface area contributed by atoms with E-state index in [1.807, 2.05) is 0 Å². The maximum atomic E-state index is 5.43. The number of terminal acetylenes is 1. The summed E-state index contributed by atoms with van der Waals surface area (Å²) in [5.41, 5.74) is 0. The van der Waals surface area contributed by atoms with Gasteiger partial charge in [-0.25, -0.2) is 0 Å². The zero-order valence-corrected chi connectivity index (χ0v) is 9.13. The van der Waals surface area contributed by atoms with Crippen LogP contribution < -0.4 is 5.32 Å². The van der Waals surface area contributed by atoms with Gasteiger partial charge < -0.3 is 5.32 Å². The average molecular weight is 191 g/mol. The Morgan fingerprint density at radius 3 is 2.79 bits per heavy atom. The van der Waals surface area contributed by atoms with Crippen molar-refractivity contribution in [2.24, 2.45) is 17.8 Å². The number of hydrogen-bond acceptors (Lipinski definition) is 1. The summed E-state index contributed by atoms with van der Waals surface area (Å²) in [4.78, 5) is 0. The van der Waals surface area contributed by atoms with Crippen LogP contribution in [0.5, 0.6) is 0 Å². The molecule has 0 heterocycles. The number of rotatable bonds is 4. The van der Waals surface area contributed by atoms with Crippen molar-refractivity contribution in [3.63, 3.8) is 0 Å². The molecule has 0 amide bonds. The van der Waals surface area contributed by atoms with E-state index in [0.29, 0.717) is 6.04 Å². The minimum atomic E-state index is 0.300. The fraction of sp³-hybridized carbons (Fsp3) is 0.846. The first-order valence-corrected chi connectivity index (χ1v) is 6.03. The summed E-state index contributed by atoms with van der Waals surface area (Å²) in [6, 6.07) is 0.300. The quantitative estimate of drug-likeness (QED) is 0.673. The molecule has 2 rings (SSSR count). The minimum absolute atomic E-state index is 0.300. The van der Waals surface area contributed by atoms with Gasteiger partial charge in [-0.3, -0.25) is 0 Å². The fourth-order valence-electron chi connectivity index (χ4n) is 3.24. The second-order valence-electron chi connectivity index (χ2n) is 4.97. The summed E-state index contributed by atoms with van der Waals surface area (Å²) in [7, 11) is 0. The molecule has 2 aliphatic carbocycles. The Labute approximate surface area is 87.7 Å². The molecule has 1 N–H and O–H groups in total. The van der Waals surface area contributed by atoms with Gasteiger partial charge in [0.1, 0.15) is 0 Å². The van der Waals surface area contributed by atoms with Crippen molar-refractivity contribution in [3.8, 4) is 12.3 Å². The molecule has 1 heteroatoms. The lowest BCUT2D eigenvalue weighted by Gasteiger charge is -2.23. The highest BCUT2D eigenvalue weighted by atomic mass is 14.9. The van der Waals surface area contributed by atoms with Crippen LogP contribution in [-0.4, -0.2) is 12.6 Å². The molecule has 1 nitrogen and oxygen atoms in total. The SMILES string of the molecule is C#CC(CC)NCC1CC2CCC1C2. The second kappa shape index (κ2) is 4.36. The first kappa shape index (κ1) is 10.1. The van der Waals surface area contributed by atoms with Crippen molar-refractivity contribution in [3.05, 3.63) is 0 Å². The van der Waals surface area contributed by atoms with Crippen LogP contribution in [0.3, 0.4) is 0 Å². The van der Waals surface area contributed by atoms with Gasteiger partial charge in [-0.15, -0.1) is 6.42 Å². The van der Waals surface area contributed by atoms with E-state index in [-0.39, 0.29) is 0 Å². The highest BCUT2D eigenvalue weighted by Gasteiger charge is 2.38. The first-order chi connectivity index (χ1) is 6.83. The molecule has 0 spiro atoms. The highest BCUT2D eigenvalue weighted by Crippen LogP contribution is 2.47. The van der Waals surface area contributed by atoms with Gasteiger partial charge in [-0.05, 0) is 50.0 Å². The van der Waals surface area contributed by atoms with Crippen LogP contribution in [0.4, 0.5) is 0 Å². The average Bonchev–Trinajstić information content (AvgIpc) is 2.80. The van der Waals surface area contributed by atoms with Gasteiger partial charge in [0.05, 0.1) is 6.04 Å². The Kier molecular flexibility index (Phi) is 3.13. The Hall–Kier alpha value is -0.480. The smallest absolute Gasteiger partial charge is 0.0684 e. The monoisotopic (exact) mass is 191 g/mol. The maximum Gasteiger partial charge on any atom is 0.0684 e. The normalized spacial score (nSPS) is 37.0. The van der Waals surface area contributed by atoms with E-state index >= 15 is 0 Å². The van der Waals surface area contributed by atoms with Crippen molar-refractivity contribution in [1.29, 1.82) is 0 Å². The summed E-state index contributed by atoms with van der Waals surface area (Å²) in [6.45, 7) is 3.31. The van der Waals surface area contributed by atoms with Gasteiger partial charge >= 0.3 is 0 Å². The van der Waals surface area contributed by atoms with Crippen LogP contribution in [0.1, 0.15) is 39.0 Å². The molecule has 2 bridgehead atoms. The fourth-order valence-corrected chi connectivity index (χ4v) is 3.24. The van der Waals surface area contributed by atoms with Crippen LogP contribution in [0.25, 0.3) is 0 Å². The van der Waals surface area contributed by atoms with Crippen molar-refractivity contribution in [2.75, 3.05) is 6.54 Å². The lowest BCUT2D eigenvalue weighted by molar-refractivity contribution is 0.313. The van der Waals surface area contributed by atoms with Crippen molar-refractivity contribution >= 4 is 0 Å². The minimum Gasteiger partial charge on any atom is -0.303 e. The topological polar surface area (TPSA) is 12.0 Å². The zero-order chi connectivity index (χ0) is 9.97. The van der Waals surface area contributed by atoms with Crippen LogP contribution in [0.2, 0.25) is 0 Å². The van der Waals surface area contributed by atoms with Crippen molar-refractivity contribution in [2.45, 2.75) is 45.1 Å². The summed E-state index contributed by atoms with van der Waals surface area (Å²) < 4.78 is 0. The molecular formula is C13H21N. The van der Waals surface area contributed by atoms with Gasteiger partial charge in [0.15, 0.2) is 0 Å². The van der Waals surface area contributed by atoms with Gasteiger partial charge in [-0.2, -0.15) is 0 Å². The largest absolute Gasteiger partial charge is 0.303 e. The molecule has 2 aliphatic rings. The van der Waals surface area contributed by atoms with E-state index in [0.717, 1.165) is 30.7 Å². The molecule has 0 aromatic carbocycles. The Balaban J connectivity index is 1.74. The van der Waals surface area contributed by atoms with Crippen LogP contribution in [-0.2, 0) is 0 Å². The number of fused-ring (bicyclic) bond motifs is 2. The predicted octanol–water partition coefficient (Wildman–Crippen LogP) is 2.42. The van der Waals surface area contributed by atoms with Crippen molar-refractivity contribution < 1.29 is 0 Å². The standard InChI is InChI=1S/C13H21N/c1-3-13(4-2)14-9-12-8-10-5-6-11(12)7-10/h1,10-14H,4-9H2,2H3. The van der Waals surface area contributed by atoms with Crippen LogP contribution in [0, 0.1) is 30.1 Å². The second-order valence-corrected chi connectivity index (χ2v) is 4.97. The maximum absolute atomic E-state index is 5.43. The van der Waals surface area contributed by atoms with Crippen LogP contribution >= 0.6 is 0 Å². The molecule has 0 radical (unpaired) electrons. The van der Waals surface area contributed by atoms with Crippen LogP contribution in [0.15, 0.2) is 0 Å². The Bertz CT molecular complexity index is 228. The van der Waals surface area contributed by atoms with E-state index in [2.05, 4.69) is 18.2 Å². The lowest BCUT2D eigenvalue weighted by Crippen LogP contribution is -2.33. The number of hydrogen-bond donors (Lipinski definition) is 1. The first-order valence-electron chi connectivity index (χ1n) is 6.03. The molecule has 4 atom stereocenters. The molecule has 0 aromatic heterocycles. The van der Waals surface area contributed by atoms with E-state index in [4.69, 9.17) is 6.42 Å². The molecule has 2 saturated carbocycles. The van der Waals surface area contributed by atoms with E-state index in [9.17, 15) is 0 Å². The third kappa shape index (κ3) is 1.96. The number of nitrogens with one attached hydrogen (secondary N) is 1. The summed E-state index contributed by atoms with van der Waals surface area (Å²) in [6.07, 6.45) is 12.4. The molecule has 14 heavy (non-hydrogen) atoms. The molecule has 0 aromatic rings. The van der Waals surface area contributed by atoms with Gasteiger partial charge in [0.25, 0.3) is 0 Å². The van der Waals surface area contributed by atoms with Crippen molar-refractivity contribution in [1.82, 2.24) is 5.32 Å². The zero-order valence-electron chi connectivity index (χ0n) is 9.13. The summed E-state index contributed by atoms with van der Waals surface area (Å²) in [5, 5.41) is 3.51. The lowest BCUT2D eigenvalue weighted by atomic mass is 9.88. The molecule has 0 aliphatic heterocycles. The molecule has 2 fully saturated rings. The predicted molar refractivity (Wildman–Crippen MR) is 59.9 cm³/mol. The molecule has 78 valence electrons. The summed E-state index contributed by atoms with van der Waals surface area (Å²) >= 11 is 0. The third-order valence-electron chi connectivity index (χ3n) is 4.12. The molecular weight excluding hydrogens is 170 g/mol. The molecule has 0 saturated heterocycles. The van der Waals surface area contributed by atoms with E-state index < -0.39 is 0 Å². The van der Waals surface area contributed by atoms with E-state index in [1.54, 1.807) is 0 Å². The van der Waals surface area contributed by atoms with E-state index in [1.165, 1.54) is 25.7 Å². The Morgan fingerprint density at radius 1 is 1.43 bits per heavy atom. The third-order valence-corrected chi connectivity index (χ3v) is 4.12. The molecule has 4 unspecified atom stereocenters. The van der Waals surface area contributed by atoms with Gasteiger partial charge in [0.2, 0.25) is 0 Å². The summed E-state index contributed by atoms with van der Waals surface area (Å²) in [5.74, 6) is 5.81. The Morgan fingerprint density at radius 2 is 2.29 bits per heavy atom. The van der Waals surface area contributed by atoms with Gasteiger partial charge in [-0.1, -0.05) is 19.3 Å². The highest BCUT2D eigenvalue weighted by molar-refractivity contribution is 4.99.